The van der Waals surface area contributed by atoms with Crippen LogP contribution in [0, 0.1) is 0 Å². The molecule has 116 valence electrons. The Hall–Kier alpha value is -2.31. The van der Waals surface area contributed by atoms with Crippen molar-refractivity contribution in [3.8, 4) is 0 Å². The number of aliphatic carboxylic acids is 1. The second-order valence-corrected chi connectivity index (χ2v) is 5.08. The Morgan fingerprint density at radius 1 is 1.43 bits per heavy atom. The van der Waals surface area contributed by atoms with E-state index in [1.54, 1.807) is 0 Å². The zero-order valence-electron chi connectivity index (χ0n) is 12.3. The average molecular weight is 296 g/mol. The minimum atomic E-state index is -1.35. The van der Waals surface area contributed by atoms with Crippen LogP contribution in [-0.4, -0.2) is 34.5 Å². The van der Waals surface area contributed by atoms with Crippen LogP contribution in [0.3, 0.4) is 0 Å². The van der Waals surface area contributed by atoms with Crippen LogP contribution in [0.1, 0.15) is 44.0 Å². The molecule has 0 aliphatic heterocycles. The lowest BCUT2D eigenvalue weighted by Crippen LogP contribution is -2.57. The van der Waals surface area contributed by atoms with Crippen molar-refractivity contribution in [3.63, 3.8) is 0 Å². The summed E-state index contributed by atoms with van der Waals surface area (Å²) < 4.78 is 4.78. The van der Waals surface area contributed by atoms with E-state index in [1.165, 1.54) is 32.4 Å². The summed E-state index contributed by atoms with van der Waals surface area (Å²) >= 11 is 0. The van der Waals surface area contributed by atoms with Crippen LogP contribution >= 0.6 is 0 Å². The Balaban J connectivity index is 2.65. The lowest BCUT2D eigenvalue weighted by atomic mass is 9.96. The molecule has 0 spiro atoms. The van der Waals surface area contributed by atoms with Gasteiger partial charge in [0, 0.05) is 0 Å². The van der Waals surface area contributed by atoms with Crippen LogP contribution in [0.2, 0.25) is 0 Å². The monoisotopic (exact) mass is 296 g/mol. The highest BCUT2D eigenvalue weighted by molar-refractivity contribution is 5.98. The van der Waals surface area contributed by atoms with E-state index in [2.05, 4.69) is 10.6 Å². The van der Waals surface area contributed by atoms with E-state index in [9.17, 15) is 19.5 Å². The second kappa shape index (κ2) is 6.92. The van der Waals surface area contributed by atoms with E-state index in [1.807, 2.05) is 6.92 Å². The largest absolute Gasteiger partial charge is 0.480 e. The van der Waals surface area contributed by atoms with Gasteiger partial charge in [-0.05, 0) is 26.3 Å². The molecule has 0 aliphatic rings. The molecule has 0 saturated carbocycles. The van der Waals surface area contributed by atoms with Crippen molar-refractivity contribution in [3.05, 3.63) is 24.2 Å². The van der Waals surface area contributed by atoms with E-state index in [4.69, 9.17) is 4.42 Å². The average Bonchev–Trinajstić information content (AvgIpc) is 2.92. The zero-order chi connectivity index (χ0) is 16.0. The van der Waals surface area contributed by atoms with Gasteiger partial charge in [0.05, 0.1) is 11.8 Å². The summed E-state index contributed by atoms with van der Waals surface area (Å²) in [7, 11) is 0. The highest BCUT2D eigenvalue weighted by Crippen LogP contribution is 2.13. The van der Waals surface area contributed by atoms with E-state index in [0.29, 0.717) is 18.4 Å². The highest BCUT2D eigenvalue weighted by atomic mass is 16.4. The van der Waals surface area contributed by atoms with Crippen molar-refractivity contribution < 1.29 is 23.9 Å². The van der Waals surface area contributed by atoms with Crippen molar-refractivity contribution in [2.45, 2.75) is 45.2 Å². The number of nitrogens with one attached hydrogen (secondary N) is 2. The molecule has 2 unspecified atom stereocenters. The minimum absolute atomic E-state index is 0.296. The molecule has 2 amide bonds. The molecule has 7 nitrogen and oxygen atoms in total. The first kappa shape index (κ1) is 16.7. The van der Waals surface area contributed by atoms with E-state index in [0.717, 1.165) is 0 Å². The molecule has 0 aromatic carbocycles. The number of hydrogen-bond acceptors (Lipinski definition) is 4. The lowest BCUT2D eigenvalue weighted by molar-refractivity contribution is -0.147. The van der Waals surface area contributed by atoms with E-state index >= 15 is 0 Å². The predicted molar refractivity (Wildman–Crippen MR) is 74.7 cm³/mol. The van der Waals surface area contributed by atoms with Crippen LogP contribution in [0.25, 0.3) is 0 Å². The molecule has 2 atom stereocenters. The molecule has 0 bridgehead atoms. The predicted octanol–water partition coefficient (Wildman–Crippen LogP) is 1.16. The summed E-state index contributed by atoms with van der Waals surface area (Å²) in [5.74, 6) is -2.12. The minimum Gasteiger partial charge on any atom is -0.480 e. The first-order chi connectivity index (χ1) is 9.80. The molecule has 1 aromatic heterocycles. The SMILES string of the molecule is CCCC(C)(NC(=O)C(C)NC(=O)c1ccoc1)C(=O)O. The molecule has 0 aliphatic carbocycles. The fourth-order valence-electron chi connectivity index (χ4n) is 1.84. The molecule has 0 radical (unpaired) electrons. The third-order valence-corrected chi connectivity index (χ3v) is 3.15. The Morgan fingerprint density at radius 3 is 2.57 bits per heavy atom. The normalized spacial score (nSPS) is 14.8. The van der Waals surface area contributed by atoms with Gasteiger partial charge >= 0.3 is 5.97 Å². The van der Waals surface area contributed by atoms with Gasteiger partial charge in [-0.25, -0.2) is 4.79 Å². The van der Waals surface area contributed by atoms with Gasteiger partial charge in [-0.15, -0.1) is 0 Å². The summed E-state index contributed by atoms with van der Waals surface area (Å²) in [6.45, 7) is 4.76. The van der Waals surface area contributed by atoms with Crippen LogP contribution < -0.4 is 10.6 Å². The van der Waals surface area contributed by atoms with Gasteiger partial charge < -0.3 is 20.2 Å². The molecule has 0 fully saturated rings. The summed E-state index contributed by atoms with van der Waals surface area (Å²) in [6, 6.07) is 0.612. The molecule has 1 rings (SSSR count). The van der Waals surface area contributed by atoms with Crippen LogP contribution in [0.4, 0.5) is 0 Å². The third-order valence-electron chi connectivity index (χ3n) is 3.15. The maximum Gasteiger partial charge on any atom is 0.329 e. The molecule has 21 heavy (non-hydrogen) atoms. The van der Waals surface area contributed by atoms with Gasteiger partial charge in [-0.1, -0.05) is 13.3 Å². The molecular formula is C14H20N2O5. The summed E-state index contributed by atoms with van der Waals surface area (Å²) in [5.41, 5.74) is -1.05. The van der Waals surface area contributed by atoms with Crippen molar-refractivity contribution in [2.24, 2.45) is 0 Å². The number of carbonyl (C=O) groups is 3. The first-order valence-corrected chi connectivity index (χ1v) is 6.68. The Bertz CT molecular complexity index is 511. The molecule has 0 saturated heterocycles. The highest BCUT2D eigenvalue weighted by Gasteiger charge is 2.35. The number of rotatable bonds is 7. The number of amides is 2. The quantitative estimate of drug-likeness (QED) is 0.699. The Morgan fingerprint density at radius 2 is 2.10 bits per heavy atom. The van der Waals surface area contributed by atoms with Crippen molar-refractivity contribution >= 4 is 17.8 Å². The van der Waals surface area contributed by atoms with Gasteiger partial charge in [-0.2, -0.15) is 0 Å². The van der Waals surface area contributed by atoms with E-state index < -0.39 is 29.4 Å². The Kier molecular flexibility index (Phi) is 5.52. The van der Waals surface area contributed by atoms with Crippen LogP contribution in [0.5, 0.6) is 0 Å². The summed E-state index contributed by atoms with van der Waals surface area (Å²) in [4.78, 5) is 35.1. The summed E-state index contributed by atoms with van der Waals surface area (Å²) in [5, 5.41) is 14.2. The molecule has 3 N–H and O–H groups in total. The maximum atomic E-state index is 12.0. The maximum absolute atomic E-state index is 12.0. The van der Waals surface area contributed by atoms with Crippen molar-refractivity contribution in [2.75, 3.05) is 0 Å². The Labute approximate surface area is 122 Å². The number of furan rings is 1. The van der Waals surface area contributed by atoms with Crippen LogP contribution in [-0.2, 0) is 9.59 Å². The first-order valence-electron chi connectivity index (χ1n) is 6.68. The van der Waals surface area contributed by atoms with E-state index in [-0.39, 0.29) is 0 Å². The molecular weight excluding hydrogens is 276 g/mol. The number of carboxylic acid groups (broad SMARTS) is 1. The molecule has 7 heteroatoms. The van der Waals surface area contributed by atoms with Gasteiger partial charge in [0.2, 0.25) is 5.91 Å². The number of hydrogen-bond donors (Lipinski definition) is 3. The standard InChI is InChI=1S/C14H20N2O5/c1-4-6-14(3,13(19)20)16-11(17)9(2)15-12(18)10-5-7-21-8-10/h5,7-9H,4,6H2,1-3H3,(H,15,18)(H,16,17)(H,19,20). The molecule has 1 heterocycles. The number of carbonyl (C=O) groups excluding carboxylic acids is 2. The second-order valence-electron chi connectivity index (χ2n) is 5.08. The number of carboxylic acids is 1. The van der Waals surface area contributed by atoms with Gasteiger partial charge in [0.1, 0.15) is 17.8 Å². The summed E-state index contributed by atoms with van der Waals surface area (Å²) in [6.07, 6.45) is 3.52. The fraction of sp³-hybridized carbons (Fsp3) is 0.500. The van der Waals surface area contributed by atoms with Gasteiger partial charge in [0.25, 0.3) is 5.91 Å². The van der Waals surface area contributed by atoms with Gasteiger partial charge in [0.15, 0.2) is 0 Å². The lowest BCUT2D eigenvalue weighted by Gasteiger charge is -2.27. The fourth-order valence-corrected chi connectivity index (χ4v) is 1.84. The van der Waals surface area contributed by atoms with Crippen molar-refractivity contribution in [1.82, 2.24) is 10.6 Å². The van der Waals surface area contributed by atoms with Crippen LogP contribution in [0.15, 0.2) is 23.0 Å². The topological polar surface area (TPSA) is 109 Å². The van der Waals surface area contributed by atoms with Crippen molar-refractivity contribution in [1.29, 1.82) is 0 Å². The third kappa shape index (κ3) is 4.34. The van der Waals surface area contributed by atoms with Gasteiger partial charge in [-0.3, -0.25) is 9.59 Å². The zero-order valence-corrected chi connectivity index (χ0v) is 12.3. The molecule has 1 aromatic rings. The smallest absolute Gasteiger partial charge is 0.329 e.